The molecule has 0 atom stereocenters. The summed E-state index contributed by atoms with van der Waals surface area (Å²) in [7, 11) is 0. The van der Waals surface area contributed by atoms with E-state index in [2.05, 4.69) is 100 Å². The largest absolute Gasteiger partial charge is 0.278 e. The second kappa shape index (κ2) is 4.65. The second-order valence-corrected chi connectivity index (χ2v) is 7.89. The van der Waals surface area contributed by atoms with Crippen molar-refractivity contribution in [1.29, 1.82) is 0 Å². The van der Waals surface area contributed by atoms with E-state index in [1.54, 1.807) is 0 Å². The first-order chi connectivity index (χ1) is 10.5. The van der Waals surface area contributed by atoms with Gasteiger partial charge in [0.25, 0.3) is 0 Å². The Morgan fingerprint density at radius 3 is 2.36 bits per heavy atom. The Labute approximate surface area is 142 Å². The van der Waals surface area contributed by atoms with Gasteiger partial charge in [-0.2, -0.15) is 0 Å². The van der Waals surface area contributed by atoms with E-state index in [4.69, 9.17) is 0 Å². The first-order valence-electron chi connectivity index (χ1n) is 7.32. The van der Waals surface area contributed by atoms with Gasteiger partial charge in [0.1, 0.15) is 5.82 Å². The quantitative estimate of drug-likeness (QED) is 0.309. The molecule has 2 aromatic carbocycles. The van der Waals surface area contributed by atoms with E-state index in [9.17, 15) is 0 Å². The van der Waals surface area contributed by atoms with Crippen LogP contribution in [-0.4, -0.2) is 14.6 Å². The number of hydrogen-bond donors (Lipinski definition) is 0. The van der Waals surface area contributed by atoms with Crippen LogP contribution in [-0.2, 0) is 5.41 Å². The van der Waals surface area contributed by atoms with Crippen molar-refractivity contribution < 1.29 is 0 Å². The maximum Gasteiger partial charge on any atom is 0.169 e. The fourth-order valence-electron chi connectivity index (χ4n) is 3.00. The fourth-order valence-corrected chi connectivity index (χ4v) is 3.50. The van der Waals surface area contributed by atoms with Crippen molar-refractivity contribution in [2.45, 2.75) is 26.2 Å². The zero-order chi connectivity index (χ0) is 15.5. The van der Waals surface area contributed by atoms with Gasteiger partial charge < -0.3 is 0 Å². The van der Waals surface area contributed by atoms with Crippen LogP contribution in [0.15, 0.2) is 42.5 Å². The van der Waals surface area contributed by atoms with Gasteiger partial charge in [0.05, 0.1) is 5.52 Å². The van der Waals surface area contributed by atoms with Crippen LogP contribution < -0.4 is 0 Å². The van der Waals surface area contributed by atoms with E-state index >= 15 is 0 Å². The van der Waals surface area contributed by atoms with Crippen molar-refractivity contribution >= 4 is 49.9 Å². The van der Waals surface area contributed by atoms with Crippen LogP contribution in [0.4, 0.5) is 0 Å². The summed E-state index contributed by atoms with van der Waals surface area (Å²) < 4.78 is 3.45. The smallest absolute Gasteiger partial charge is 0.169 e. The molecule has 0 aliphatic carbocycles. The number of pyridine rings is 1. The third kappa shape index (κ3) is 1.93. The van der Waals surface area contributed by atoms with Crippen molar-refractivity contribution in [3.8, 4) is 0 Å². The molecule has 4 aromatic rings. The molecule has 22 heavy (non-hydrogen) atoms. The maximum atomic E-state index is 4.50. The highest BCUT2D eigenvalue weighted by Gasteiger charge is 2.23. The highest BCUT2D eigenvalue weighted by Crippen LogP contribution is 2.32. The SMILES string of the molecule is CC(C)(C)c1nnc2c3ccccc3c3cc(I)ccc3n12. The van der Waals surface area contributed by atoms with Crippen LogP contribution >= 0.6 is 22.6 Å². The van der Waals surface area contributed by atoms with Gasteiger partial charge in [-0.15, -0.1) is 10.2 Å². The summed E-state index contributed by atoms with van der Waals surface area (Å²) in [6.07, 6.45) is 0. The molecule has 0 aliphatic heterocycles. The molecule has 4 heteroatoms. The van der Waals surface area contributed by atoms with Gasteiger partial charge in [-0.25, -0.2) is 0 Å². The van der Waals surface area contributed by atoms with Crippen molar-refractivity contribution in [1.82, 2.24) is 14.6 Å². The molecule has 0 radical (unpaired) electrons. The first kappa shape index (κ1) is 13.9. The summed E-state index contributed by atoms with van der Waals surface area (Å²) in [6, 6.07) is 15.0. The summed E-state index contributed by atoms with van der Waals surface area (Å²) in [5.74, 6) is 1.000. The molecular weight excluding hydrogens is 385 g/mol. The lowest BCUT2D eigenvalue weighted by molar-refractivity contribution is 0.541. The van der Waals surface area contributed by atoms with Gasteiger partial charge in [-0.05, 0) is 46.2 Å². The molecule has 0 saturated carbocycles. The number of aromatic nitrogens is 3. The number of hydrogen-bond acceptors (Lipinski definition) is 2. The van der Waals surface area contributed by atoms with E-state index in [-0.39, 0.29) is 5.41 Å². The molecule has 110 valence electrons. The predicted octanol–water partition coefficient (Wildman–Crippen LogP) is 4.94. The molecule has 0 N–H and O–H groups in total. The van der Waals surface area contributed by atoms with E-state index in [1.165, 1.54) is 19.9 Å². The number of halogens is 1. The molecule has 0 aliphatic rings. The van der Waals surface area contributed by atoms with Gasteiger partial charge in [0, 0.05) is 19.8 Å². The van der Waals surface area contributed by atoms with Gasteiger partial charge >= 0.3 is 0 Å². The molecule has 0 fully saturated rings. The van der Waals surface area contributed by atoms with Crippen molar-refractivity contribution in [2.75, 3.05) is 0 Å². The Bertz CT molecular complexity index is 1030. The van der Waals surface area contributed by atoms with Gasteiger partial charge in [-0.1, -0.05) is 45.0 Å². The summed E-state index contributed by atoms with van der Waals surface area (Å²) >= 11 is 2.37. The molecule has 2 heterocycles. The zero-order valence-electron chi connectivity index (χ0n) is 12.8. The summed E-state index contributed by atoms with van der Waals surface area (Å²) in [5, 5.41) is 12.6. The Balaban J connectivity index is 2.35. The number of rotatable bonds is 0. The van der Waals surface area contributed by atoms with Crippen LogP contribution in [0.5, 0.6) is 0 Å². The van der Waals surface area contributed by atoms with Crippen LogP contribution in [0.3, 0.4) is 0 Å². The van der Waals surface area contributed by atoms with Crippen molar-refractivity contribution in [3.63, 3.8) is 0 Å². The average molecular weight is 401 g/mol. The minimum absolute atomic E-state index is 0.0577. The minimum atomic E-state index is -0.0577. The fraction of sp³-hybridized carbons (Fsp3) is 0.222. The molecule has 0 saturated heterocycles. The summed E-state index contributed by atoms with van der Waals surface area (Å²) in [4.78, 5) is 0. The predicted molar refractivity (Wildman–Crippen MR) is 99.4 cm³/mol. The van der Waals surface area contributed by atoms with Crippen LogP contribution in [0.25, 0.3) is 27.3 Å². The number of nitrogens with zero attached hydrogens (tertiary/aromatic N) is 3. The molecule has 0 unspecified atom stereocenters. The Morgan fingerprint density at radius 2 is 1.64 bits per heavy atom. The average Bonchev–Trinajstić information content (AvgIpc) is 2.92. The molecular formula is C18H16IN3. The van der Waals surface area contributed by atoms with Gasteiger partial charge in [0.15, 0.2) is 5.65 Å². The molecule has 3 nitrogen and oxygen atoms in total. The van der Waals surface area contributed by atoms with E-state index < -0.39 is 0 Å². The van der Waals surface area contributed by atoms with Crippen LogP contribution in [0, 0.1) is 3.57 Å². The number of fused-ring (bicyclic) bond motifs is 6. The summed E-state index contributed by atoms with van der Waals surface area (Å²) in [5.41, 5.74) is 2.05. The highest BCUT2D eigenvalue weighted by molar-refractivity contribution is 14.1. The highest BCUT2D eigenvalue weighted by atomic mass is 127. The lowest BCUT2D eigenvalue weighted by atomic mass is 9.95. The molecule has 0 amide bonds. The molecule has 0 bridgehead atoms. The Hall–Kier alpha value is -1.69. The van der Waals surface area contributed by atoms with E-state index in [0.29, 0.717) is 0 Å². The third-order valence-electron chi connectivity index (χ3n) is 3.99. The second-order valence-electron chi connectivity index (χ2n) is 6.64. The topological polar surface area (TPSA) is 30.2 Å². The van der Waals surface area contributed by atoms with Crippen molar-refractivity contribution in [2.24, 2.45) is 0 Å². The maximum absolute atomic E-state index is 4.50. The monoisotopic (exact) mass is 401 g/mol. The van der Waals surface area contributed by atoms with Crippen molar-refractivity contribution in [3.05, 3.63) is 51.9 Å². The van der Waals surface area contributed by atoms with Gasteiger partial charge in [-0.3, -0.25) is 4.40 Å². The third-order valence-corrected chi connectivity index (χ3v) is 4.66. The number of benzene rings is 2. The van der Waals surface area contributed by atoms with E-state index in [1.807, 2.05) is 0 Å². The van der Waals surface area contributed by atoms with Crippen LogP contribution in [0.2, 0.25) is 0 Å². The first-order valence-corrected chi connectivity index (χ1v) is 8.40. The summed E-state index contributed by atoms with van der Waals surface area (Å²) in [6.45, 7) is 6.53. The van der Waals surface area contributed by atoms with Gasteiger partial charge in [0.2, 0.25) is 0 Å². The molecule has 4 rings (SSSR count). The Kier molecular flexibility index (Phi) is 2.95. The zero-order valence-corrected chi connectivity index (χ0v) is 14.9. The molecule has 2 aromatic heterocycles. The van der Waals surface area contributed by atoms with Crippen LogP contribution in [0.1, 0.15) is 26.6 Å². The standard InChI is InChI=1S/C18H16IN3/c1-18(2,3)17-21-20-16-13-7-5-4-6-12(13)14-10-11(19)8-9-15(14)22(16)17/h4-10H,1-3H3. The lowest BCUT2D eigenvalue weighted by Crippen LogP contribution is -2.16. The minimum Gasteiger partial charge on any atom is -0.278 e. The molecule has 0 spiro atoms. The van der Waals surface area contributed by atoms with E-state index in [0.717, 1.165) is 16.9 Å². The Morgan fingerprint density at radius 1 is 0.909 bits per heavy atom. The normalized spacial score (nSPS) is 12.5. The lowest BCUT2D eigenvalue weighted by Gasteiger charge is -2.18.